The molecular weight excluding hydrogens is 302 g/mol. The van der Waals surface area contributed by atoms with Crippen LogP contribution in [0.15, 0.2) is 18.2 Å². The van der Waals surface area contributed by atoms with Crippen LogP contribution in [0.3, 0.4) is 0 Å². The number of ether oxygens (including phenoxy) is 2. The van der Waals surface area contributed by atoms with Crippen LogP contribution in [0.1, 0.15) is 32.8 Å². The summed E-state index contributed by atoms with van der Waals surface area (Å²) in [4.78, 5) is 23.2. The van der Waals surface area contributed by atoms with Gasteiger partial charge in [-0.2, -0.15) is 0 Å². The van der Waals surface area contributed by atoms with Crippen LogP contribution in [0.4, 0.5) is 0 Å². The lowest BCUT2D eigenvalue weighted by atomic mass is 10.1. The minimum absolute atomic E-state index is 0.141. The third-order valence-electron chi connectivity index (χ3n) is 3.37. The summed E-state index contributed by atoms with van der Waals surface area (Å²) in [6.07, 6.45) is -0.814. The lowest BCUT2D eigenvalue weighted by molar-refractivity contribution is -0.166. The highest BCUT2D eigenvalue weighted by molar-refractivity contribution is 5.76. The zero-order valence-electron chi connectivity index (χ0n) is 13.5. The first-order chi connectivity index (χ1) is 10.7. The fraction of sp³-hybridized carbons (Fsp3) is 0.500. The van der Waals surface area contributed by atoms with E-state index in [9.17, 15) is 19.8 Å². The number of phenols is 2. The molecule has 4 N–H and O–H groups in total. The summed E-state index contributed by atoms with van der Waals surface area (Å²) >= 11 is 0. The van der Waals surface area contributed by atoms with E-state index in [4.69, 9.17) is 15.2 Å². The van der Waals surface area contributed by atoms with Crippen molar-refractivity contribution in [2.24, 2.45) is 5.73 Å². The van der Waals surface area contributed by atoms with Gasteiger partial charge in [-0.15, -0.1) is 0 Å². The highest BCUT2D eigenvalue weighted by Crippen LogP contribution is 2.25. The molecule has 0 heterocycles. The molecule has 1 rings (SSSR count). The number of hydrogen-bond acceptors (Lipinski definition) is 7. The van der Waals surface area contributed by atoms with Crippen LogP contribution in [0.25, 0.3) is 0 Å². The molecule has 128 valence electrons. The van der Waals surface area contributed by atoms with Crippen LogP contribution in [0, 0.1) is 0 Å². The fourth-order valence-corrected chi connectivity index (χ4v) is 1.79. The lowest BCUT2D eigenvalue weighted by Gasteiger charge is -2.22. The van der Waals surface area contributed by atoms with Gasteiger partial charge in [-0.3, -0.25) is 9.59 Å². The molecule has 0 bridgehead atoms. The topological polar surface area (TPSA) is 119 Å². The average molecular weight is 325 g/mol. The Morgan fingerprint density at radius 2 is 1.74 bits per heavy atom. The Labute approximate surface area is 135 Å². The monoisotopic (exact) mass is 325 g/mol. The van der Waals surface area contributed by atoms with E-state index in [2.05, 4.69) is 0 Å². The zero-order valence-corrected chi connectivity index (χ0v) is 13.5. The number of nitrogens with two attached hydrogens (primary N) is 1. The van der Waals surface area contributed by atoms with Gasteiger partial charge >= 0.3 is 11.9 Å². The number of aromatic hydroxyl groups is 2. The summed E-state index contributed by atoms with van der Waals surface area (Å²) in [6.45, 7) is 4.92. The summed E-state index contributed by atoms with van der Waals surface area (Å²) in [5.74, 6) is -1.53. The Hall–Kier alpha value is -2.28. The second-order valence-electron chi connectivity index (χ2n) is 5.32. The van der Waals surface area contributed by atoms with Crippen LogP contribution >= 0.6 is 0 Å². The second kappa shape index (κ2) is 8.38. The molecular formula is C16H23NO6. The molecule has 0 radical (unpaired) electrons. The van der Waals surface area contributed by atoms with Crippen molar-refractivity contribution in [3.63, 3.8) is 0 Å². The van der Waals surface area contributed by atoms with Gasteiger partial charge in [0.15, 0.2) is 11.5 Å². The average Bonchev–Trinajstić information content (AvgIpc) is 2.50. The van der Waals surface area contributed by atoms with Crippen LogP contribution in [-0.4, -0.2) is 40.4 Å². The molecule has 0 spiro atoms. The maximum absolute atomic E-state index is 12.0. The summed E-state index contributed by atoms with van der Waals surface area (Å²) < 4.78 is 10.3. The number of benzene rings is 1. The molecule has 0 amide bonds. The van der Waals surface area contributed by atoms with Crippen molar-refractivity contribution in [2.75, 3.05) is 0 Å². The van der Waals surface area contributed by atoms with Gasteiger partial charge in [0.1, 0.15) is 18.2 Å². The number of rotatable bonds is 7. The predicted molar refractivity (Wildman–Crippen MR) is 82.9 cm³/mol. The van der Waals surface area contributed by atoms with E-state index in [1.54, 1.807) is 26.8 Å². The van der Waals surface area contributed by atoms with E-state index >= 15 is 0 Å². The van der Waals surface area contributed by atoms with Gasteiger partial charge in [0.2, 0.25) is 0 Å². The van der Waals surface area contributed by atoms with E-state index < -0.39 is 24.2 Å². The van der Waals surface area contributed by atoms with E-state index in [1.807, 2.05) is 0 Å². The van der Waals surface area contributed by atoms with Crippen LogP contribution in [0.2, 0.25) is 0 Å². The maximum Gasteiger partial charge on any atom is 0.323 e. The van der Waals surface area contributed by atoms with Gasteiger partial charge < -0.3 is 25.4 Å². The van der Waals surface area contributed by atoms with Gasteiger partial charge in [-0.25, -0.2) is 0 Å². The molecule has 7 nitrogen and oxygen atoms in total. The third kappa shape index (κ3) is 5.78. The molecule has 7 heteroatoms. The standard InChI is InChI=1S/C16H23NO6/c1-4-15(20)22-9(2)10(3)23-16(21)12(17)7-11-5-6-13(18)14(19)8-11/h5-6,8-10,12,18-19H,4,7,17H2,1-3H3/t9?,10-,12+/m1/s1. The van der Waals surface area contributed by atoms with Gasteiger partial charge in [0.05, 0.1) is 0 Å². The van der Waals surface area contributed by atoms with E-state index in [-0.39, 0.29) is 30.3 Å². The van der Waals surface area contributed by atoms with Gasteiger partial charge in [-0.05, 0) is 38.0 Å². The first-order valence-electron chi connectivity index (χ1n) is 7.41. The van der Waals surface area contributed by atoms with E-state index in [0.29, 0.717) is 5.56 Å². The molecule has 0 aromatic heterocycles. The maximum atomic E-state index is 12.0. The number of carbonyl (C=O) groups is 2. The van der Waals surface area contributed by atoms with Gasteiger partial charge in [0.25, 0.3) is 0 Å². The highest BCUT2D eigenvalue weighted by atomic mass is 16.6. The van der Waals surface area contributed by atoms with Crippen LogP contribution in [-0.2, 0) is 25.5 Å². The predicted octanol–water partition coefficient (Wildman–Crippen LogP) is 1.24. The number of phenolic OH excluding ortho intramolecular Hbond substituents is 2. The van der Waals surface area contributed by atoms with Crippen molar-refractivity contribution in [1.29, 1.82) is 0 Å². The van der Waals surface area contributed by atoms with E-state index in [1.165, 1.54) is 12.1 Å². The van der Waals surface area contributed by atoms with Crippen molar-refractivity contribution >= 4 is 11.9 Å². The minimum atomic E-state index is -0.935. The van der Waals surface area contributed by atoms with Gasteiger partial charge in [0, 0.05) is 6.42 Å². The number of carbonyl (C=O) groups excluding carboxylic acids is 2. The summed E-state index contributed by atoms with van der Waals surface area (Å²) in [7, 11) is 0. The summed E-state index contributed by atoms with van der Waals surface area (Å²) in [6, 6.07) is 3.27. The first kappa shape index (κ1) is 18.8. The Kier molecular flexibility index (Phi) is 6.84. The summed E-state index contributed by atoms with van der Waals surface area (Å²) in [5.41, 5.74) is 6.37. The number of hydrogen-bond donors (Lipinski definition) is 3. The Morgan fingerprint density at radius 3 is 2.30 bits per heavy atom. The highest BCUT2D eigenvalue weighted by Gasteiger charge is 2.24. The molecule has 1 unspecified atom stereocenters. The molecule has 0 saturated carbocycles. The molecule has 0 aliphatic carbocycles. The molecule has 0 saturated heterocycles. The lowest BCUT2D eigenvalue weighted by Crippen LogP contribution is -2.39. The molecule has 0 aliphatic heterocycles. The smallest absolute Gasteiger partial charge is 0.323 e. The Balaban J connectivity index is 2.55. The van der Waals surface area contributed by atoms with Gasteiger partial charge in [-0.1, -0.05) is 13.0 Å². The zero-order chi connectivity index (χ0) is 17.6. The van der Waals surface area contributed by atoms with Crippen molar-refractivity contribution in [1.82, 2.24) is 0 Å². The largest absolute Gasteiger partial charge is 0.504 e. The van der Waals surface area contributed by atoms with Crippen molar-refractivity contribution in [3.05, 3.63) is 23.8 Å². The van der Waals surface area contributed by atoms with Crippen molar-refractivity contribution < 1.29 is 29.3 Å². The second-order valence-corrected chi connectivity index (χ2v) is 5.32. The third-order valence-corrected chi connectivity index (χ3v) is 3.37. The quantitative estimate of drug-likeness (QED) is 0.509. The minimum Gasteiger partial charge on any atom is -0.504 e. The molecule has 0 fully saturated rings. The fourth-order valence-electron chi connectivity index (χ4n) is 1.79. The van der Waals surface area contributed by atoms with Crippen LogP contribution < -0.4 is 5.73 Å². The molecule has 3 atom stereocenters. The summed E-state index contributed by atoms with van der Waals surface area (Å²) in [5, 5.41) is 18.7. The molecule has 23 heavy (non-hydrogen) atoms. The molecule has 1 aromatic carbocycles. The Morgan fingerprint density at radius 1 is 1.13 bits per heavy atom. The molecule has 1 aromatic rings. The Bertz CT molecular complexity index is 560. The van der Waals surface area contributed by atoms with Crippen molar-refractivity contribution in [2.45, 2.75) is 51.9 Å². The first-order valence-corrected chi connectivity index (χ1v) is 7.41. The van der Waals surface area contributed by atoms with Crippen LogP contribution in [0.5, 0.6) is 11.5 Å². The molecule has 0 aliphatic rings. The van der Waals surface area contributed by atoms with Crippen molar-refractivity contribution in [3.8, 4) is 11.5 Å². The normalized spacial score (nSPS) is 14.6. The SMILES string of the molecule is CCC(=O)OC(C)[C@@H](C)OC(=O)[C@@H](N)Cc1ccc(O)c(O)c1. The number of esters is 2. The van der Waals surface area contributed by atoms with E-state index in [0.717, 1.165) is 0 Å².